The number of benzene rings is 3. The molecule has 0 spiro atoms. The van der Waals surface area contributed by atoms with Crippen molar-refractivity contribution in [2.24, 2.45) is 0 Å². The second kappa shape index (κ2) is 9.11. The van der Waals surface area contributed by atoms with Crippen molar-refractivity contribution in [2.75, 3.05) is 20.2 Å². The van der Waals surface area contributed by atoms with E-state index in [1.54, 1.807) is 24.7 Å². The molecule has 0 radical (unpaired) electrons. The van der Waals surface area contributed by atoms with E-state index in [-0.39, 0.29) is 0 Å². The third kappa shape index (κ3) is 4.22. The normalized spacial score (nSPS) is 13.9. The van der Waals surface area contributed by atoms with Gasteiger partial charge in [0.15, 0.2) is 0 Å². The Morgan fingerprint density at radius 1 is 0.967 bits per heavy atom. The van der Waals surface area contributed by atoms with Gasteiger partial charge in [-0.1, -0.05) is 48.5 Å². The van der Waals surface area contributed by atoms with Crippen LogP contribution in [-0.2, 0) is 19.4 Å². The van der Waals surface area contributed by atoms with Crippen molar-refractivity contribution in [1.29, 1.82) is 0 Å². The summed E-state index contributed by atoms with van der Waals surface area (Å²) in [5.41, 5.74) is 8.46. The maximum atomic E-state index is 11.5. The molecule has 0 aromatic heterocycles. The van der Waals surface area contributed by atoms with Crippen LogP contribution < -0.4 is 10.2 Å². The van der Waals surface area contributed by atoms with E-state index in [0.717, 1.165) is 43.8 Å². The third-order valence-corrected chi connectivity index (χ3v) is 5.77. The van der Waals surface area contributed by atoms with Gasteiger partial charge in [0.2, 0.25) is 0 Å². The molecular weight excluding hydrogens is 376 g/mol. The summed E-state index contributed by atoms with van der Waals surface area (Å²) in [5, 5.41) is 8.77. The van der Waals surface area contributed by atoms with Gasteiger partial charge >= 0.3 is 0 Å². The van der Waals surface area contributed by atoms with Crippen LogP contribution in [0.1, 0.15) is 27.0 Å². The smallest absolute Gasteiger partial charge is 0.274 e. The zero-order valence-corrected chi connectivity index (χ0v) is 17.1. The van der Waals surface area contributed by atoms with Gasteiger partial charge in [0.1, 0.15) is 5.75 Å². The zero-order chi connectivity index (χ0) is 20.9. The Morgan fingerprint density at radius 3 is 2.33 bits per heavy atom. The predicted molar refractivity (Wildman–Crippen MR) is 117 cm³/mol. The molecule has 0 aliphatic carbocycles. The summed E-state index contributed by atoms with van der Waals surface area (Å²) in [6.07, 6.45) is 1.89. The molecule has 3 aromatic carbocycles. The molecule has 3 aromatic rings. The van der Waals surface area contributed by atoms with Gasteiger partial charge < -0.3 is 4.74 Å². The van der Waals surface area contributed by atoms with Crippen molar-refractivity contribution in [3.63, 3.8) is 0 Å². The van der Waals surface area contributed by atoms with Crippen LogP contribution in [0.4, 0.5) is 0 Å². The van der Waals surface area contributed by atoms with E-state index < -0.39 is 5.91 Å². The molecule has 0 unspecified atom stereocenters. The first kappa shape index (κ1) is 20.1. The number of nitrogens with one attached hydrogen (secondary N) is 1. The van der Waals surface area contributed by atoms with Crippen LogP contribution in [0.25, 0.3) is 11.1 Å². The van der Waals surface area contributed by atoms with Crippen LogP contribution in [0.3, 0.4) is 0 Å². The molecule has 154 valence electrons. The molecule has 1 aliphatic rings. The van der Waals surface area contributed by atoms with Gasteiger partial charge in [0.05, 0.1) is 7.11 Å². The highest BCUT2D eigenvalue weighted by atomic mass is 16.5. The van der Waals surface area contributed by atoms with E-state index in [1.807, 2.05) is 18.2 Å². The lowest BCUT2D eigenvalue weighted by molar-refractivity contribution is 0.0706. The predicted octanol–water partition coefficient (Wildman–Crippen LogP) is 4.08. The summed E-state index contributed by atoms with van der Waals surface area (Å²) in [4.78, 5) is 14.0. The molecule has 0 saturated carbocycles. The molecule has 1 aliphatic heterocycles. The quantitative estimate of drug-likeness (QED) is 0.499. The first-order valence-corrected chi connectivity index (χ1v) is 10.2. The Bertz CT molecular complexity index is 1020. The summed E-state index contributed by atoms with van der Waals surface area (Å²) < 4.78 is 5.68. The lowest BCUT2D eigenvalue weighted by Crippen LogP contribution is -2.26. The Kier molecular flexibility index (Phi) is 6.12. The van der Waals surface area contributed by atoms with Crippen molar-refractivity contribution in [2.45, 2.75) is 19.4 Å². The second-order valence-electron chi connectivity index (χ2n) is 7.55. The SMILES string of the molecule is COc1ccc(-c2ccccc2)c2c1CCN(Cc1ccc(C(=O)NO)cc1)CC2. The van der Waals surface area contributed by atoms with E-state index in [2.05, 4.69) is 41.3 Å². The largest absolute Gasteiger partial charge is 0.496 e. The molecule has 1 heterocycles. The average molecular weight is 402 g/mol. The van der Waals surface area contributed by atoms with Gasteiger partial charge in [0, 0.05) is 25.2 Å². The number of nitrogens with zero attached hydrogens (tertiary/aromatic N) is 1. The second-order valence-corrected chi connectivity index (χ2v) is 7.55. The fourth-order valence-electron chi connectivity index (χ4n) is 4.20. The minimum Gasteiger partial charge on any atom is -0.496 e. The summed E-state index contributed by atoms with van der Waals surface area (Å²) in [7, 11) is 1.74. The van der Waals surface area contributed by atoms with Gasteiger partial charge in [-0.05, 0) is 58.9 Å². The first-order valence-electron chi connectivity index (χ1n) is 10.2. The van der Waals surface area contributed by atoms with Gasteiger partial charge in [-0.15, -0.1) is 0 Å². The first-order chi connectivity index (χ1) is 14.7. The number of hydrogen-bond donors (Lipinski definition) is 2. The number of hydrogen-bond acceptors (Lipinski definition) is 4. The highest BCUT2D eigenvalue weighted by molar-refractivity contribution is 5.93. The highest BCUT2D eigenvalue weighted by Gasteiger charge is 2.21. The standard InChI is InChI=1S/C25H26N2O3/c1-30-24-12-11-21(19-5-3-2-4-6-19)22-13-15-27(16-14-23(22)24)17-18-7-9-20(10-8-18)25(28)26-29/h2-12,29H,13-17H2,1H3,(H,26,28). The van der Waals surface area contributed by atoms with E-state index in [9.17, 15) is 4.79 Å². The molecule has 5 heteroatoms. The van der Waals surface area contributed by atoms with Crippen LogP contribution in [0.15, 0.2) is 66.7 Å². The third-order valence-electron chi connectivity index (χ3n) is 5.77. The van der Waals surface area contributed by atoms with Crippen LogP contribution in [-0.4, -0.2) is 36.2 Å². The van der Waals surface area contributed by atoms with Crippen LogP contribution >= 0.6 is 0 Å². The van der Waals surface area contributed by atoms with E-state index >= 15 is 0 Å². The molecule has 30 heavy (non-hydrogen) atoms. The van der Waals surface area contributed by atoms with Crippen LogP contribution in [0.5, 0.6) is 5.75 Å². The molecule has 1 amide bonds. The number of carbonyl (C=O) groups is 1. The Balaban J connectivity index is 1.55. The Labute approximate surface area is 176 Å². The van der Waals surface area contributed by atoms with E-state index in [0.29, 0.717) is 5.56 Å². The molecular formula is C25H26N2O3. The van der Waals surface area contributed by atoms with Crippen molar-refractivity contribution in [3.05, 3.63) is 89.0 Å². The number of methoxy groups -OCH3 is 1. The van der Waals surface area contributed by atoms with Gasteiger partial charge in [-0.3, -0.25) is 14.9 Å². The number of rotatable bonds is 5. The fraction of sp³-hybridized carbons (Fsp3) is 0.240. The van der Waals surface area contributed by atoms with Crippen molar-refractivity contribution in [1.82, 2.24) is 10.4 Å². The van der Waals surface area contributed by atoms with E-state index in [4.69, 9.17) is 9.94 Å². The Hall–Kier alpha value is -3.15. The fourth-order valence-corrected chi connectivity index (χ4v) is 4.20. The number of amides is 1. The molecule has 5 nitrogen and oxygen atoms in total. The summed E-state index contributed by atoms with van der Waals surface area (Å²) >= 11 is 0. The molecule has 0 saturated heterocycles. The minimum atomic E-state index is -0.493. The zero-order valence-electron chi connectivity index (χ0n) is 17.1. The number of carbonyl (C=O) groups excluding carboxylic acids is 1. The number of hydroxylamine groups is 1. The minimum absolute atomic E-state index is 0.446. The molecule has 0 atom stereocenters. The molecule has 0 fully saturated rings. The van der Waals surface area contributed by atoms with Crippen molar-refractivity contribution < 1.29 is 14.7 Å². The number of ether oxygens (including phenoxy) is 1. The average Bonchev–Trinajstić information content (AvgIpc) is 3.02. The maximum absolute atomic E-state index is 11.5. The lowest BCUT2D eigenvalue weighted by Gasteiger charge is -2.20. The highest BCUT2D eigenvalue weighted by Crippen LogP contribution is 2.34. The van der Waals surface area contributed by atoms with Crippen molar-refractivity contribution >= 4 is 5.91 Å². The maximum Gasteiger partial charge on any atom is 0.274 e. The monoisotopic (exact) mass is 402 g/mol. The van der Waals surface area contributed by atoms with Gasteiger partial charge in [-0.2, -0.15) is 0 Å². The Morgan fingerprint density at radius 2 is 1.67 bits per heavy atom. The topological polar surface area (TPSA) is 61.8 Å². The van der Waals surface area contributed by atoms with Crippen LogP contribution in [0.2, 0.25) is 0 Å². The lowest BCUT2D eigenvalue weighted by atomic mass is 9.92. The number of fused-ring (bicyclic) bond motifs is 1. The van der Waals surface area contributed by atoms with Gasteiger partial charge in [0.25, 0.3) is 5.91 Å². The summed E-state index contributed by atoms with van der Waals surface area (Å²) in [5.74, 6) is 0.471. The molecule has 4 rings (SSSR count). The summed E-state index contributed by atoms with van der Waals surface area (Å²) in [6, 6.07) is 22.2. The summed E-state index contributed by atoms with van der Waals surface area (Å²) in [6.45, 7) is 2.72. The van der Waals surface area contributed by atoms with Gasteiger partial charge in [-0.25, -0.2) is 5.48 Å². The molecule has 0 bridgehead atoms. The van der Waals surface area contributed by atoms with Crippen molar-refractivity contribution in [3.8, 4) is 16.9 Å². The molecule has 2 N–H and O–H groups in total. The van der Waals surface area contributed by atoms with Crippen LogP contribution in [0, 0.1) is 0 Å². The van der Waals surface area contributed by atoms with E-state index in [1.165, 1.54) is 22.3 Å².